The van der Waals surface area contributed by atoms with Crippen molar-refractivity contribution >= 4 is 11.9 Å². The van der Waals surface area contributed by atoms with Gasteiger partial charge in [0.25, 0.3) is 0 Å². The molecule has 0 aromatic heterocycles. The van der Waals surface area contributed by atoms with Crippen LogP contribution in [0.1, 0.15) is 38.7 Å². The summed E-state index contributed by atoms with van der Waals surface area (Å²) in [4.78, 5) is 18.3. The predicted octanol–water partition coefficient (Wildman–Crippen LogP) is 3.07. The van der Waals surface area contributed by atoms with E-state index in [2.05, 4.69) is 35.1 Å². The minimum Gasteiger partial charge on any atom is -0.493 e. The summed E-state index contributed by atoms with van der Waals surface area (Å²) in [5, 5.41) is 3.43. The van der Waals surface area contributed by atoms with Crippen LogP contribution in [-0.2, 0) is 16.1 Å². The summed E-state index contributed by atoms with van der Waals surface area (Å²) in [5.41, 5.74) is 1.12. The summed E-state index contributed by atoms with van der Waals surface area (Å²) in [7, 11) is 3.25. The molecule has 2 rings (SSSR count). The van der Waals surface area contributed by atoms with Gasteiger partial charge in [-0.1, -0.05) is 32.0 Å². The van der Waals surface area contributed by atoms with Crippen LogP contribution in [0.2, 0.25) is 0 Å². The number of methoxy groups -OCH3 is 1. The first kappa shape index (κ1) is 21.1. The van der Waals surface area contributed by atoms with Gasteiger partial charge in [-0.15, -0.1) is 0 Å². The Morgan fingerprint density at radius 1 is 1.30 bits per heavy atom. The lowest BCUT2D eigenvalue weighted by molar-refractivity contribution is -0.146. The first-order chi connectivity index (χ1) is 13.0. The Morgan fingerprint density at radius 3 is 2.63 bits per heavy atom. The van der Waals surface area contributed by atoms with Gasteiger partial charge in [-0.2, -0.15) is 0 Å². The summed E-state index contributed by atoms with van der Waals surface area (Å²) in [6.45, 7) is 7.37. The number of nitrogens with zero attached hydrogens (tertiary/aromatic N) is 2. The SMILES string of the molecule is CN=C(NCc1ccccc1OCCC(C)C)N1CCC(C(=O)OC)CC1. The fourth-order valence-corrected chi connectivity index (χ4v) is 3.20. The van der Waals surface area contributed by atoms with Crippen LogP contribution in [0.5, 0.6) is 5.75 Å². The molecule has 0 saturated carbocycles. The van der Waals surface area contributed by atoms with Gasteiger partial charge in [0.15, 0.2) is 5.96 Å². The second-order valence-electron chi connectivity index (χ2n) is 7.32. The van der Waals surface area contributed by atoms with Crippen LogP contribution in [-0.4, -0.2) is 50.7 Å². The second-order valence-corrected chi connectivity index (χ2v) is 7.32. The molecule has 1 aliphatic heterocycles. The summed E-state index contributed by atoms with van der Waals surface area (Å²) < 4.78 is 10.8. The number of nitrogens with one attached hydrogen (secondary N) is 1. The third-order valence-corrected chi connectivity index (χ3v) is 4.90. The molecule has 1 heterocycles. The normalized spacial score (nSPS) is 15.7. The quantitative estimate of drug-likeness (QED) is 0.451. The van der Waals surface area contributed by atoms with Crippen LogP contribution < -0.4 is 10.1 Å². The number of rotatable bonds is 7. The van der Waals surface area contributed by atoms with E-state index >= 15 is 0 Å². The van der Waals surface area contributed by atoms with Gasteiger partial charge in [0.2, 0.25) is 0 Å². The zero-order valence-electron chi connectivity index (χ0n) is 17.0. The van der Waals surface area contributed by atoms with Crippen molar-refractivity contribution in [3.05, 3.63) is 29.8 Å². The number of benzene rings is 1. The van der Waals surface area contributed by atoms with E-state index in [4.69, 9.17) is 9.47 Å². The standard InChI is InChI=1S/C21H33N3O3/c1-16(2)11-14-27-19-8-6-5-7-18(19)15-23-21(22-3)24-12-9-17(10-13-24)20(25)26-4/h5-8,16-17H,9-15H2,1-4H3,(H,22,23). The highest BCUT2D eigenvalue weighted by Gasteiger charge is 2.26. The summed E-state index contributed by atoms with van der Waals surface area (Å²) in [6.07, 6.45) is 2.63. The van der Waals surface area contributed by atoms with E-state index in [1.165, 1.54) is 7.11 Å². The van der Waals surface area contributed by atoms with Crippen LogP contribution >= 0.6 is 0 Å². The average molecular weight is 376 g/mol. The van der Waals surface area contributed by atoms with Crippen molar-refractivity contribution in [3.8, 4) is 5.75 Å². The highest BCUT2D eigenvalue weighted by Crippen LogP contribution is 2.20. The number of piperidine rings is 1. The molecule has 0 aliphatic carbocycles. The number of ether oxygens (including phenoxy) is 2. The van der Waals surface area contributed by atoms with Gasteiger partial charge in [0, 0.05) is 32.2 Å². The highest BCUT2D eigenvalue weighted by atomic mass is 16.5. The van der Waals surface area contributed by atoms with Crippen LogP contribution in [0.4, 0.5) is 0 Å². The van der Waals surface area contributed by atoms with Gasteiger partial charge < -0.3 is 19.7 Å². The maximum atomic E-state index is 11.7. The predicted molar refractivity (Wildman–Crippen MR) is 108 cm³/mol. The van der Waals surface area contributed by atoms with Gasteiger partial charge in [-0.3, -0.25) is 9.79 Å². The van der Waals surface area contributed by atoms with Gasteiger partial charge in [-0.25, -0.2) is 0 Å². The van der Waals surface area contributed by atoms with Gasteiger partial charge in [-0.05, 0) is 31.2 Å². The van der Waals surface area contributed by atoms with E-state index in [1.54, 1.807) is 7.05 Å². The number of esters is 1. The third-order valence-electron chi connectivity index (χ3n) is 4.90. The van der Waals surface area contributed by atoms with Crippen LogP contribution in [0.3, 0.4) is 0 Å². The Kier molecular flexibility index (Phi) is 8.43. The van der Waals surface area contributed by atoms with Crippen molar-refractivity contribution in [2.24, 2.45) is 16.8 Å². The Morgan fingerprint density at radius 2 is 2.00 bits per heavy atom. The molecule has 0 radical (unpaired) electrons. The van der Waals surface area contributed by atoms with Crippen molar-refractivity contribution < 1.29 is 14.3 Å². The molecule has 0 unspecified atom stereocenters. The number of carbonyl (C=O) groups is 1. The molecule has 1 saturated heterocycles. The Labute approximate surface area is 162 Å². The molecular weight excluding hydrogens is 342 g/mol. The minimum absolute atomic E-state index is 0.000519. The molecular formula is C21H33N3O3. The molecule has 27 heavy (non-hydrogen) atoms. The smallest absolute Gasteiger partial charge is 0.308 e. The molecule has 0 amide bonds. The summed E-state index contributed by atoms with van der Waals surface area (Å²) >= 11 is 0. The molecule has 1 fully saturated rings. The first-order valence-corrected chi connectivity index (χ1v) is 9.79. The second kappa shape index (κ2) is 10.8. The van der Waals surface area contributed by atoms with Crippen LogP contribution in [0.25, 0.3) is 0 Å². The largest absolute Gasteiger partial charge is 0.493 e. The zero-order chi connectivity index (χ0) is 19.6. The summed E-state index contributed by atoms with van der Waals surface area (Å²) in [5.74, 6) is 2.30. The molecule has 0 atom stereocenters. The Hall–Kier alpha value is -2.24. The van der Waals surface area contributed by atoms with Crippen molar-refractivity contribution in [2.75, 3.05) is 33.9 Å². The topological polar surface area (TPSA) is 63.2 Å². The Balaban J connectivity index is 1.89. The lowest BCUT2D eigenvalue weighted by atomic mass is 9.97. The number of likely N-dealkylation sites (tertiary alicyclic amines) is 1. The van der Waals surface area contributed by atoms with E-state index in [0.717, 1.165) is 56.2 Å². The van der Waals surface area contributed by atoms with Gasteiger partial charge in [0.05, 0.1) is 19.6 Å². The summed E-state index contributed by atoms with van der Waals surface area (Å²) in [6, 6.07) is 8.12. The van der Waals surface area contributed by atoms with E-state index in [0.29, 0.717) is 12.5 Å². The van der Waals surface area contributed by atoms with E-state index in [9.17, 15) is 4.79 Å². The number of aliphatic imine (C=N–C) groups is 1. The molecule has 1 N–H and O–H groups in total. The fraction of sp³-hybridized carbons (Fsp3) is 0.619. The van der Waals surface area contributed by atoms with E-state index in [-0.39, 0.29) is 11.9 Å². The van der Waals surface area contributed by atoms with Crippen molar-refractivity contribution in [3.63, 3.8) is 0 Å². The van der Waals surface area contributed by atoms with E-state index < -0.39 is 0 Å². The Bertz CT molecular complexity index is 623. The van der Waals surface area contributed by atoms with Crippen molar-refractivity contribution in [1.82, 2.24) is 10.2 Å². The monoisotopic (exact) mass is 375 g/mol. The molecule has 6 heteroatoms. The highest BCUT2D eigenvalue weighted by molar-refractivity contribution is 5.80. The molecule has 1 aliphatic rings. The fourth-order valence-electron chi connectivity index (χ4n) is 3.20. The molecule has 1 aromatic rings. The number of hydrogen-bond donors (Lipinski definition) is 1. The zero-order valence-corrected chi connectivity index (χ0v) is 17.0. The lowest BCUT2D eigenvalue weighted by Gasteiger charge is -2.33. The molecule has 150 valence electrons. The molecule has 0 spiro atoms. The maximum absolute atomic E-state index is 11.7. The number of guanidine groups is 1. The van der Waals surface area contributed by atoms with Gasteiger partial charge in [0.1, 0.15) is 5.75 Å². The van der Waals surface area contributed by atoms with Crippen molar-refractivity contribution in [1.29, 1.82) is 0 Å². The molecule has 0 bridgehead atoms. The minimum atomic E-state index is -0.106. The third kappa shape index (κ3) is 6.45. The number of para-hydroxylation sites is 1. The van der Waals surface area contributed by atoms with Crippen LogP contribution in [0.15, 0.2) is 29.3 Å². The van der Waals surface area contributed by atoms with Crippen molar-refractivity contribution in [2.45, 2.75) is 39.7 Å². The average Bonchev–Trinajstić information content (AvgIpc) is 2.69. The lowest BCUT2D eigenvalue weighted by Crippen LogP contribution is -2.46. The van der Waals surface area contributed by atoms with Gasteiger partial charge >= 0.3 is 5.97 Å². The van der Waals surface area contributed by atoms with E-state index in [1.807, 2.05) is 18.2 Å². The molecule has 6 nitrogen and oxygen atoms in total. The number of carbonyl (C=O) groups excluding carboxylic acids is 1. The maximum Gasteiger partial charge on any atom is 0.308 e. The first-order valence-electron chi connectivity index (χ1n) is 9.79. The van der Waals surface area contributed by atoms with Crippen LogP contribution in [0, 0.1) is 11.8 Å². The molecule has 1 aromatic carbocycles. The number of hydrogen-bond acceptors (Lipinski definition) is 4.